The van der Waals surface area contributed by atoms with Gasteiger partial charge in [-0.05, 0) is 37.0 Å². The molecular formula is C24H19F5N4O3. The molecule has 2 aromatic carbocycles. The van der Waals surface area contributed by atoms with Crippen LogP contribution in [0.5, 0.6) is 0 Å². The molecule has 36 heavy (non-hydrogen) atoms. The molecule has 0 bridgehead atoms. The van der Waals surface area contributed by atoms with Gasteiger partial charge in [-0.15, -0.1) is 0 Å². The number of hydrogen-bond donors (Lipinski definition) is 0. The zero-order valence-corrected chi connectivity index (χ0v) is 18.7. The molecular weight excluding hydrogens is 487 g/mol. The predicted molar refractivity (Wildman–Crippen MR) is 117 cm³/mol. The van der Waals surface area contributed by atoms with Crippen molar-refractivity contribution < 1.29 is 36.1 Å². The number of alkyl halides is 3. The van der Waals surface area contributed by atoms with Crippen LogP contribution in [0.15, 0.2) is 40.9 Å². The maximum atomic E-state index is 15.1. The molecule has 0 unspecified atom stereocenters. The Morgan fingerprint density at radius 3 is 2.61 bits per heavy atom. The van der Waals surface area contributed by atoms with Crippen molar-refractivity contribution in [3.05, 3.63) is 59.5 Å². The van der Waals surface area contributed by atoms with Crippen molar-refractivity contribution in [3.8, 4) is 11.4 Å². The molecule has 1 fully saturated rings. The first-order valence-corrected chi connectivity index (χ1v) is 11.2. The minimum atomic E-state index is -4.95. The van der Waals surface area contributed by atoms with Crippen LogP contribution in [-0.4, -0.2) is 34.5 Å². The molecule has 0 saturated carbocycles. The third-order valence-electron chi connectivity index (χ3n) is 6.35. The Morgan fingerprint density at radius 1 is 1.08 bits per heavy atom. The van der Waals surface area contributed by atoms with Crippen molar-refractivity contribution >= 4 is 23.2 Å². The maximum Gasteiger partial charge on any atom is 0.471 e. The molecule has 0 radical (unpaired) electrons. The molecule has 0 spiro atoms. The lowest BCUT2D eigenvalue weighted by molar-refractivity contribution is -0.159. The fraction of sp³-hybridized carbons (Fsp3) is 0.333. The van der Waals surface area contributed by atoms with Crippen LogP contribution < -0.4 is 9.80 Å². The van der Waals surface area contributed by atoms with Gasteiger partial charge in [0.05, 0.1) is 11.3 Å². The van der Waals surface area contributed by atoms with E-state index < -0.39 is 52.7 Å². The highest BCUT2D eigenvalue weighted by atomic mass is 19.4. The van der Waals surface area contributed by atoms with Crippen LogP contribution in [0.3, 0.4) is 0 Å². The van der Waals surface area contributed by atoms with E-state index in [1.807, 2.05) is 24.3 Å². The molecule has 0 N–H and O–H groups in total. The van der Waals surface area contributed by atoms with Gasteiger partial charge in [-0.3, -0.25) is 9.59 Å². The second kappa shape index (κ2) is 8.99. The Hall–Kier alpha value is -3.83. The van der Waals surface area contributed by atoms with Gasteiger partial charge in [0.25, 0.3) is 0 Å². The molecule has 188 valence electrons. The van der Waals surface area contributed by atoms with Crippen LogP contribution in [-0.2, 0) is 22.2 Å². The Labute approximate surface area is 201 Å². The van der Waals surface area contributed by atoms with Crippen molar-refractivity contribution in [2.24, 2.45) is 0 Å². The summed E-state index contributed by atoms with van der Waals surface area (Å²) in [5.41, 5.74) is 0.773. The Bertz CT molecular complexity index is 1340. The lowest BCUT2D eigenvalue weighted by atomic mass is 10.0. The average molecular weight is 506 g/mol. The van der Waals surface area contributed by atoms with Gasteiger partial charge in [0.2, 0.25) is 17.6 Å². The molecule has 7 nitrogen and oxygen atoms in total. The number of rotatable bonds is 4. The molecule has 3 heterocycles. The number of carbonyl (C=O) groups excluding carboxylic acids is 2. The third kappa shape index (κ3) is 4.31. The summed E-state index contributed by atoms with van der Waals surface area (Å²) in [5, 5.41) is 3.08. The zero-order valence-electron chi connectivity index (χ0n) is 18.7. The summed E-state index contributed by atoms with van der Waals surface area (Å²) < 4.78 is 72.2. The summed E-state index contributed by atoms with van der Waals surface area (Å²) in [6.45, 7) is 0.513. The number of nitrogens with zero attached hydrogens (tertiary/aromatic N) is 4. The second-order valence-corrected chi connectivity index (χ2v) is 8.64. The first kappa shape index (κ1) is 23.9. The third-order valence-corrected chi connectivity index (χ3v) is 6.35. The van der Waals surface area contributed by atoms with E-state index >= 15 is 4.39 Å². The Morgan fingerprint density at radius 2 is 1.86 bits per heavy atom. The molecule has 0 aliphatic carbocycles. The summed E-state index contributed by atoms with van der Waals surface area (Å²) in [6.07, 6.45) is -3.11. The fourth-order valence-corrected chi connectivity index (χ4v) is 4.71. The number of benzene rings is 2. The van der Waals surface area contributed by atoms with E-state index in [1.165, 1.54) is 0 Å². The van der Waals surface area contributed by atoms with Crippen LogP contribution in [0.2, 0.25) is 0 Å². The van der Waals surface area contributed by atoms with Gasteiger partial charge in [-0.1, -0.05) is 23.4 Å². The van der Waals surface area contributed by atoms with E-state index in [1.54, 1.807) is 4.90 Å². The predicted octanol–water partition coefficient (Wildman–Crippen LogP) is 4.90. The Balaban J connectivity index is 1.40. The highest BCUT2D eigenvalue weighted by Crippen LogP contribution is 2.36. The van der Waals surface area contributed by atoms with Crippen molar-refractivity contribution in [2.45, 2.75) is 44.3 Å². The van der Waals surface area contributed by atoms with Crippen LogP contribution in [0.1, 0.15) is 37.1 Å². The van der Waals surface area contributed by atoms with Gasteiger partial charge < -0.3 is 14.3 Å². The number of aryl methyl sites for hydroxylation is 1. The molecule has 5 rings (SSSR count). The average Bonchev–Trinajstić information content (AvgIpc) is 3.47. The van der Waals surface area contributed by atoms with Crippen molar-refractivity contribution in [3.63, 3.8) is 0 Å². The smallest absolute Gasteiger partial charge is 0.329 e. The zero-order chi connectivity index (χ0) is 25.6. The van der Waals surface area contributed by atoms with E-state index in [0.717, 1.165) is 29.0 Å². The van der Waals surface area contributed by atoms with E-state index in [0.29, 0.717) is 18.7 Å². The lowest BCUT2D eigenvalue weighted by Crippen LogP contribution is -2.41. The molecule has 1 atom stereocenters. The Kier molecular flexibility index (Phi) is 5.97. The highest BCUT2D eigenvalue weighted by molar-refractivity contribution is 6.00. The number of amides is 2. The number of hydrogen-bond acceptors (Lipinski definition) is 5. The van der Waals surface area contributed by atoms with Crippen molar-refractivity contribution in [2.75, 3.05) is 16.3 Å². The standard InChI is InChI=1S/C24H19F5N4O3/c25-16-12-19(17(26)11-15(16)22-30-23(36-31-22)24(27,28)29)33-14(7-8-20(33)34)10-21(35)32-9-3-5-13-4-1-2-6-18(13)32/h1-2,4,6,11-12,14H,3,5,7-10H2/t14-/m0/s1. The van der Waals surface area contributed by atoms with Gasteiger partial charge in [0, 0.05) is 37.2 Å². The number of fused-ring (bicyclic) bond motifs is 1. The van der Waals surface area contributed by atoms with Crippen LogP contribution in [0.4, 0.5) is 33.3 Å². The molecule has 3 aromatic rings. The minimum Gasteiger partial charge on any atom is -0.329 e. The minimum absolute atomic E-state index is 0.0388. The topological polar surface area (TPSA) is 79.5 Å². The normalized spacial score (nSPS) is 18.0. The van der Waals surface area contributed by atoms with E-state index in [2.05, 4.69) is 14.7 Å². The molecule has 2 amide bonds. The molecule has 12 heteroatoms. The number of aromatic nitrogens is 2. The van der Waals surface area contributed by atoms with Crippen molar-refractivity contribution in [1.82, 2.24) is 10.1 Å². The summed E-state index contributed by atoms with van der Waals surface area (Å²) in [5.74, 6) is -5.42. The molecule has 2 aliphatic heterocycles. The monoisotopic (exact) mass is 506 g/mol. The highest BCUT2D eigenvalue weighted by Gasteiger charge is 2.40. The van der Waals surface area contributed by atoms with Crippen molar-refractivity contribution in [1.29, 1.82) is 0 Å². The second-order valence-electron chi connectivity index (χ2n) is 8.64. The largest absolute Gasteiger partial charge is 0.471 e. The number of halogens is 5. The maximum absolute atomic E-state index is 15.1. The summed E-state index contributed by atoms with van der Waals surface area (Å²) in [7, 11) is 0. The van der Waals surface area contributed by atoms with Gasteiger partial charge in [-0.2, -0.15) is 18.2 Å². The molecule has 1 saturated heterocycles. The number of anilines is 2. The first-order valence-electron chi connectivity index (χ1n) is 11.2. The van der Waals surface area contributed by atoms with Crippen LogP contribution in [0.25, 0.3) is 11.4 Å². The van der Waals surface area contributed by atoms with Crippen LogP contribution >= 0.6 is 0 Å². The van der Waals surface area contributed by atoms with Gasteiger partial charge in [0.15, 0.2) is 0 Å². The van der Waals surface area contributed by atoms with E-state index in [4.69, 9.17) is 0 Å². The van der Waals surface area contributed by atoms with E-state index in [-0.39, 0.29) is 25.2 Å². The summed E-state index contributed by atoms with van der Waals surface area (Å²) in [6, 6.07) is 8.12. The van der Waals surface area contributed by atoms with Gasteiger partial charge >= 0.3 is 12.1 Å². The SMILES string of the molecule is O=C(C[C@@H]1CCC(=O)N1c1cc(F)c(-c2noc(C(F)(F)F)n2)cc1F)N1CCCc2ccccc21. The quantitative estimate of drug-likeness (QED) is 0.471. The molecule has 1 aromatic heterocycles. The van der Waals surface area contributed by atoms with E-state index in [9.17, 15) is 27.2 Å². The summed E-state index contributed by atoms with van der Waals surface area (Å²) >= 11 is 0. The fourth-order valence-electron chi connectivity index (χ4n) is 4.71. The summed E-state index contributed by atoms with van der Waals surface area (Å²) in [4.78, 5) is 31.6. The van der Waals surface area contributed by atoms with Gasteiger partial charge in [-0.25, -0.2) is 8.78 Å². The number of para-hydroxylation sites is 1. The lowest BCUT2D eigenvalue weighted by Gasteiger charge is -2.32. The van der Waals surface area contributed by atoms with Crippen LogP contribution in [0, 0.1) is 11.6 Å². The first-order chi connectivity index (χ1) is 17.1. The number of carbonyl (C=O) groups is 2. The molecule has 2 aliphatic rings. The van der Waals surface area contributed by atoms with Gasteiger partial charge in [0.1, 0.15) is 11.6 Å².